The Labute approximate surface area is 117 Å². The fourth-order valence-corrected chi connectivity index (χ4v) is 2.26. The number of carbonyl (C=O) groups is 1. The van der Waals surface area contributed by atoms with Gasteiger partial charge >= 0.3 is 5.97 Å². The van der Waals surface area contributed by atoms with Crippen molar-refractivity contribution in [2.45, 2.75) is 12.5 Å². The molecule has 4 nitrogen and oxygen atoms in total. The van der Waals surface area contributed by atoms with E-state index in [9.17, 15) is 4.79 Å². The monoisotopic (exact) mass is 271 g/mol. The van der Waals surface area contributed by atoms with Gasteiger partial charge in [0.05, 0.1) is 13.5 Å². The lowest BCUT2D eigenvalue weighted by atomic mass is 9.93. The first-order valence-corrected chi connectivity index (χ1v) is 6.33. The molecular weight excluding hydrogens is 254 g/mol. The smallest absolute Gasteiger partial charge is 0.305 e. The largest absolute Gasteiger partial charge is 0.496 e. The maximum atomic E-state index is 10.9. The maximum absolute atomic E-state index is 10.9. The summed E-state index contributed by atoms with van der Waals surface area (Å²) in [5.41, 5.74) is 8.66. The summed E-state index contributed by atoms with van der Waals surface area (Å²) in [7, 11) is 1.56. The van der Waals surface area contributed by atoms with Crippen LogP contribution in [0.1, 0.15) is 18.0 Å². The van der Waals surface area contributed by atoms with Gasteiger partial charge in [0.15, 0.2) is 0 Å². The van der Waals surface area contributed by atoms with Crippen LogP contribution in [-0.4, -0.2) is 18.2 Å². The third-order valence-electron chi connectivity index (χ3n) is 3.14. The highest BCUT2D eigenvalue weighted by molar-refractivity contribution is 5.73. The summed E-state index contributed by atoms with van der Waals surface area (Å²) in [5.74, 6) is -0.317. The molecule has 2 aromatic carbocycles. The van der Waals surface area contributed by atoms with Gasteiger partial charge in [-0.05, 0) is 17.2 Å². The summed E-state index contributed by atoms with van der Waals surface area (Å²) < 4.78 is 5.34. The number of carboxylic acid groups (broad SMARTS) is 1. The minimum absolute atomic E-state index is 0.139. The molecule has 0 saturated carbocycles. The molecule has 0 aliphatic rings. The number of carboxylic acids is 1. The van der Waals surface area contributed by atoms with Gasteiger partial charge in [0.2, 0.25) is 0 Å². The van der Waals surface area contributed by atoms with E-state index in [1.807, 2.05) is 42.5 Å². The molecule has 0 amide bonds. The number of benzene rings is 2. The first-order chi connectivity index (χ1) is 9.63. The summed E-state index contributed by atoms with van der Waals surface area (Å²) in [5, 5.41) is 8.95. The van der Waals surface area contributed by atoms with Gasteiger partial charge in [-0.2, -0.15) is 0 Å². The van der Waals surface area contributed by atoms with Gasteiger partial charge in [-0.1, -0.05) is 42.5 Å². The minimum atomic E-state index is -0.928. The van der Waals surface area contributed by atoms with Gasteiger partial charge in [-0.3, -0.25) is 4.79 Å². The number of methoxy groups -OCH3 is 1. The average Bonchev–Trinajstić information content (AvgIpc) is 2.46. The first-order valence-electron chi connectivity index (χ1n) is 6.33. The molecule has 0 aromatic heterocycles. The average molecular weight is 271 g/mol. The molecule has 104 valence electrons. The molecule has 0 heterocycles. The fourth-order valence-electron chi connectivity index (χ4n) is 2.26. The molecule has 4 heteroatoms. The van der Waals surface area contributed by atoms with Gasteiger partial charge in [0.25, 0.3) is 0 Å². The van der Waals surface area contributed by atoms with Crippen LogP contribution in [0.5, 0.6) is 5.75 Å². The fraction of sp³-hybridized carbons (Fsp3) is 0.188. The summed E-state index contributed by atoms with van der Waals surface area (Å²) >= 11 is 0. The van der Waals surface area contributed by atoms with E-state index < -0.39 is 12.0 Å². The maximum Gasteiger partial charge on any atom is 0.305 e. The molecule has 0 saturated heterocycles. The van der Waals surface area contributed by atoms with E-state index in [1.165, 1.54) is 0 Å². The Balaban J connectivity index is 2.54. The van der Waals surface area contributed by atoms with Crippen LogP contribution < -0.4 is 10.5 Å². The molecule has 0 spiro atoms. The number of hydrogen-bond acceptors (Lipinski definition) is 3. The Kier molecular flexibility index (Phi) is 4.38. The molecule has 0 radical (unpaired) electrons. The van der Waals surface area contributed by atoms with Crippen LogP contribution in [0.15, 0.2) is 48.5 Å². The second kappa shape index (κ2) is 6.21. The van der Waals surface area contributed by atoms with Crippen LogP contribution in [0.25, 0.3) is 11.1 Å². The summed E-state index contributed by atoms with van der Waals surface area (Å²) in [6.07, 6.45) is -0.139. The number of nitrogens with two attached hydrogens (primary N) is 1. The predicted octanol–water partition coefficient (Wildman–Crippen LogP) is 2.84. The van der Waals surface area contributed by atoms with Crippen molar-refractivity contribution < 1.29 is 14.6 Å². The molecule has 0 aliphatic heterocycles. The van der Waals surface area contributed by atoms with Gasteiger partial charge < -0.3 is 15.6 Å². The summed E-state index contributed by atoms with van der Waals surface area (Å²) in [4.78, 5) is 10.9. The van der Waals surface area contributed by atoms with Crippen LogP contribution in [0.4, 0.5) is 0 Å². The van der Waals surface area contributed by atoms with Crippen molar-refractivity contribution in [1.82, 2.24) is 0 Å². The van der Waals surface area contributed by atoms with Gasteiger partial charge in [0.1, 0.15) is 5.75 Å². The van der Waals surface area contributed by atoms with E-state index in [-0.39, 0.29) is 6.42 Å². The van der Waals surface area contributed by atoms with Crippen LogP contribution in [0.3, 0.4) is 0 Å². The Hall–Kier alpha value is -2.33. The highest BCUT2D eigenvalue weighted by Gasteiger charge is 2.19. The zero-order valence-corrected chi connectivity index (χ0v) is 11.2. The van der Waals surface area contributed by atoms with E-state index >= 15 is 0 Å². The number of aliphatic carboxylic acids is 1. The van der Waals surface area contributed by atoms with Crippen molar-refractivity contribution >= 4 is 5.97 Å². The van der Waals surface area contributed by atoms with Crippen molar-refractivity contribution in [2.75, 3.05) is 7.11 Å². The lowest BCUT2D eigenvalue weighted by molar-refractivity contribution is -0.137. The van der Waals surface area contributed by atoms with Crippen molar-refractivity contribution in [3.05, 3.63) is 54.1 Å². The van der Waals surface area contributed by atoms with E-state index in [0.29, 0.717) is 5.75 Å². The van der Waals surface area contributed by atoms with Crippen molar-refractivity contribution in [3.63, 3.8) is 0 Å². The third kappa shape index (κ3) is 2.97. The van der Waals surface area contributed by atoms with Gasteiger partial charge in [-0.25, -0.2) is 0 Å². The molecule has 0 fully saturated rings. The highest BCUT2D eigenvalue weighted by Crippen LogP contribution is 2.35. The second-order valence-electron chi connectivity index (χ2n) is 4.49. The topological polar surface area (TPSA) is 72.5 Å². The lowest BCUT2D eigenvalue weighted by Crippen LogP contribution is -2.17. The first kappa shape index (κ1) is 14.1. The predicted molar refractivity (Wildman–Crippen MR) is 77.6 cm³/mol. The van der Waals surface area contributed by atoms with Crippen LogP contribution in [0.2, 0.25) is 0 Å². The Morgan fingerprint density at radius 2 is 1.90 bits per heavy atom. The van der Waals surface area contributed by atoms with E-state index in [4.69, 9.17) is 15.6 Å². The number of hydrogen-bond donors (Lipinski definition) is 2. The van der Waals surface area contributed by atoms with Crippen LogP contribution in [-0.2, 0) is 4.79 Å². The molecule has 2 aromatic rings. The molecule has 0 bridgehead atoms. The zero-order valence-electron chi connectivity index (χ0n) is 11.2. The van der Waals surface area contributed by atoms with E-state index in [0.717, 1.165) is 16.7 Å². The molecule has 2 rings (SSSR count). The van der Waals surface area contributed by atoms with Crippen molar-refractivity contribution in [2.24, 2.45) is 5.73 Å². The number of ether oxygens (including phenoxy) is 1. The standard InChI is InChI=1S/C16H17NO3/c1-20-14-9-5-8-12(11-6-3-2-4-7-11)16(14)13(17)10-15(18)19/h2-9,13H,10,17H2,1H3,(H,18,19). The molecule has 1 atom stereocenters. The molecule has 20 heavy (non-hydrogen) atoms. The number of rotatable bonds is 5. The summed E-state index contributed by atoms with van der Waals surface area (Å²) in [6.45, 7) is 0. The Morgan fingerprint density at radius 3 is 2.50 bits per heavy atom. The molecule has 0 aliphatic carbocycles. The second-order valence-corrected chi connectivity index (χ2v) is 4.49. The minimum Gasteiger partial charge on any atom is -0.496 e. The van der Waals surface area contributed by atoms with E-state index in [2.05, 4.69) is 0 Å². The Bertz CT molecular complexity index is 596. The normalized spacial score (nSPS) is 11.9. The molecular formula is C16H17NO3. The van der Waals surface area contributed by atoms with Gasteiger partial charge in [0, 0.05) is 11.6 Å². The van der Waals surface area contributed by atoms with Crippen molar-refractivity contribution in [1.29, 1.82) is 0 Å². The molecule has 3 N–H and O–H groups in total. The quantitative estimate of drug-likeness (QED) is 0.877. The zero-order chi connectivity index (χ0) is 14.5. The molecule has 1 unspecified atom stereocenters. The lowest BCUT2D eigenvalue weighted by Gasteiger charge is -2.18. The van der Waals surface area contributed by atoms with Crippen LogP contribution in [0, 0.1) is 0 Å². The van der Waals surface area contributed by atoms with Crippen molar-refractivity contribution in [3.8, 4) is 16.9 Å². The van der Waals surface area contributed by atoms with Gasteiger partial charge in [-0.15, -0.1) is 0 Å². The van der Waals surface area contributed by atoms with E-state index in [1.54, 1.807) is 13.2 Å². The Morgan fingerprint density at radius 1 is 1.20 bits per heavy atom. The highest BCUT2D eigenvalue weighted by atomic mass is 16.5. The third-order valence-corrected chi connectivity index (χ3v) is 3.14. The van der Waals surface area contributed by atoms with Crippen LogP contribution >= 0.6 is 0 Å². The summed E-state index contributed by atoms with van der Waals surface area (Å²) in [6, 6.07) is 14.7. The SMILES string of the molecule is COc1cccc(-c2ccccc2)c1C(N)CC(=O)O.